The topological polar surface area (TPSA) is 97.7 Å². The first-order chi connectivity index (χ1) is 16.4. The number of benzene rings is 2. The van der Waals surface area contributed by atoms with E-state index < -0.39 is 10.0 Å². The highest BCUT2D eigenvalue weighted by Gasteiger charge is 2.39. The van der Waals surface area contributed by atoms with E-state index in [9.17, 15) is 18.0 Å². The Morgan fingerprint density at radius 2 is 1.71 bits per heavy atom. The molecule has 34 heavy (non-hydrogen) atoms. The molecule has 3 aromatic rings. The van der Waals surface area contributed by atoms with E-state index in [1.54, 1.807) is 41.0 Å². The summed E-state index contributed by atoms with van der Waals surface area (Å²) < 4.78 is 35.4. The van der Waals surface area contributed by atoms with Gasteiger partial charge in [-0.1, -0.05) is 24.3 Å². The summed E-state index contributed by atoms with van der Waals surface area (Å²) in [5.41, 5.74) is 1.36. The summed E-state index contributed by atoms with van der Waals surface area (Å²) in [6.07, 6.45) is 0.880. The van der Waals surface area contributed by atoms with Crippen LogP contribution in [-0.4, -0.2) is 42.9 Å². The Bertz CT molecular complexity index is 1350. The molecule has 2 aliphatic rings. The number of carbonyl (C=O) groups is 1. The fourth-order valence-electron chi connectivity index (χ4n) is 4.77. The standard InChI is InChI=1S/C25H25N3O5S/c29-24(17-33-21-5-2-1-3-6-21)26-20-9-11-22(12-10-20)34(31,32)27-14-18-13-19(16-27)23-7-4-8-25(30)28(23)15-18/h1-12,18-19H,13-17H2,(H,26,29)/t18-,19-/m0/s1. The molecule has 1 saturated heterocycles. The molecule has 0 saturated carbocycles. The maximum Gasteiger partial charge on any atom is 0.262 e. The number of para-hydroxylation sites is 1. The van der Waals surface area contributed by atoms with E-state index >= 15 is 0 Å². The number of pyridine rings is 1. The monoisotopic (exact) mass is 479 g/mol. The van der Waals surface area contributed by atoms with Crippen molar-refractivity contribution < 1.29 is 17.9 Å². The molecule has 9 heteroatoms. The first-order valence-corrected chi connectivity index (χ1v) is 12.6. The predicted octanol–water partition coefficient (Wildman–Crippen LogP) is 2.67. The zero-order valence-corrected chi connectivity index (χ0v) is 19.3. The van der Waals surface area contributed by atoms with Gasteiger partial charge in [0, 0.05) is 43.0 Å². The highest BCUT2D eigenvalue weighted by Crippen LogP contribution is 2.37. The Labute approximate surface area is 197 Å². The maximum atomic E-state index is 13.3. The smallest absolute Gasteiger partial charge is 0.262 e. The molecular formula is C25H25N3O5S. The molecule has 2 aliphatic heterocycles. The molecule has 8 nitrogen and oxygen atoms in total. The van der Waals surface area contributed by atoms with Gasteiger partial charge in [-0.2, -0.15) is 4.31 Å². The molecule has 3 heterocycles. The lowest BCUT2D eigenvalue weighted by atomic mass is 9.84. The van der Waals surface area contributed by atoms with Gasteiger partial charge in [0.2, 0.25) is 10.0 Å². The number of nitrogens with one attached hydrogen (secondary N) is 1. The van der Waals surface area contributed by atoms with Crippen molar-refractivity contribution in [2.24, 2.45) is 5.92 Å². The van der Waals surface area contributed by atoms with Gasteiger partial charge in [-0.05, 0) is 54.8 Å². The molecule has 0 radical (unpaired) electrons. The average Bonchev–Trinajstić information content (AvgIpc) is 2.84. The molecule has 1 amide bonds. The van der Waals surface area contributed by atoms with E-state index in [0.717, 1.165) is 12.1 Å². The second kappa shape index (κ2) is 9.08. The lowest BCUT2D eigenvalue weighted by molar-refractivity contribution is -0.118. The molecule has 2 bridgehead atoms. The average molecular weight is 480 g/mol. The molecule has 0 unspecified atom stereocenters. The third-order valence-electron chi connectivity index (χ3n) is 6.34. The number of hydrogen-bond acceptors (Lipinski definition) is 5. The number of rotatable bonds is 6. The minimum absolute atomic E-state index is 0.000601. The summed E-state index contributed by atoms with van der Waals surface area (Å²) in [6.45, 7) is 1.12. The van der Waals surface area contributed by atoms with E-state index in [2.05, 4.69) is 5.32 Å². The molecule has 0 aliphatic carbocycles. The lowest BCUT2D eigenvalue weighted by Crippen LogP contribution is -2.48. The second-order valence-electron chi connectivity index (χ2n) is 8.69. The summed E-state index contributed by atoms with van der Waals surface area (Å²) in [5, 5.41) is 2.71. The Kier molecular flexibility index (Phi) is 5.97. The van der Waals surface area contributed by atoms with Crippen LogP contribution in [0, 0.1) is 5.92 Å². The SMILES string of the molecule is O=C(COc1ccccc1)Nc1ccc(S(=O)(=O)N2C[C@@H]3C[C@@H](C2)c2cccc(=O)n2C3)cc1. The minimum Gasteiger partial charge on any atom is -0.484 e. The lowest BCUT2D eigenvalue weighted by Gasteiger charge is -2.42. The number of sulfonamides is 1. The molecule has 1 aromatic heterocycles. The maximum absolute atomic E-state index is 13.3. The fourth-order valence-corrected chi connectivity index (χ4v) is 6.33. The van der Waals surface area contributed by atoms with Crippen LogP contribution in [0.15, 0.2) is 82.5 Å². The molecule has 176 valence electrons. The number of piperidine rings is 1. The summed E-state index contributed by atoms with van der Waals surface area (Å²) in [5.74, 6) is 0.360. The van der Waals surface area contributed by atoms with E-state index in [1.165, 1.54) is 16.4 Å². The third-order valence-corrected chi connectivity index (χ3v) is 8.18. The zero-order valence-electron chi connectivity index (χ0n) is 18.5. The van der Waals surface area contributed by atoms with Gasteiger partial charge < -0.3 is 14.6 Å². The van der Waals surface area contributed by atoms with Crippen molar-refractivity contribution in [1.82, 2.24) is 8.87 Å². The van der Waals surface area contributed by atoms with Crippen molar-refractivity contribution >= 4 is 21.6 Å². The number of nitrogens with zero attached hydrogens (tertiary/aromatic N) is 2. The van der Waals surface area contributed by atoms with Gasteiger partial charge in [0.25, 0.3) is 11.5 Å². The fraction of sp³-hybridized carbons (Fsp3) is 0.280. The third kappa shape index (κ3) is 4.49. The predicted molar refractivity (Wildman–Crippen MR) is 127 cm³/mol. The zero-order chi connectivity index (χ0) is 23.7. The summed E-state index contributed by atoms with van der Waals surface area (Å²) in [4.78, 5) is 24.6. The molecule has 5 rings (SSSR count). The van der Waals surface area contributed by atoms with Crippen molar-refractivity contribution in [2.45, 2.75) is 23.8 Å². The van der Waals surface area contributed by atoms with Crippen molar-refractivity contribution in [3.63, 3.8) is 0 Å². The summed E-state index contributed by atoms with van der Waals surface area (Å²) in [6, 6.07) is 20.4. The van der Waals surface area contributed by atoms with Gasteiger partial charge >= 0.3 is 0 Å². The van der Waals surface area contributed by atoms with Gasteiger partial charge in [0.1, 0.15) is 5.75 Å². The highest BCUT2D eigenvalue weighted by molar-refractivity contribution is 7.89. The molecule has 1 fully saturated rings. The van der Waals surface area contributed by atoms with Crippen molar-refractivity contribution in [1.29, 1.82) is 0 Å². The first kappa shape index (κ1) is 22.4. The largest absolute Gasteiger partial charge is 0.484 e. The molecule has 0 spiro atoms. The van der Waals surface area contributed by atoms with Crippen LogP contribution in [0.4, 0.5) is 5.69 Å². The quantitative estimate of drug-likeness (QED) is 0.586. The van der Waals surface area contributed by atoms with Gasteiger partial charge in [-0.3, -0.25) is 9.59 Å². The Balaban J connectivity index is 1.25. The van der Waals surface area contributed by atoms with E-state index in [4.69, 9.17) is 4.74 Å². The van der Waals surface area contributed by atoms with Crippen LogP contribution in [0.2, 0.25) is 0 Å². The normalized spacial score (nSPS) is 19.8. The number of aromatic nitrogens is 1. The van der Waals surface area contributed by atoms with Crippen molar-refractivity contribution in [2.75, 3.05) is 25.0 Å². The van der Waals surface area contributed by atoms with Crippen LogP contribution in [0.25, 0.3) is 0 Å². The van der Waals surface area contributed by atoms with Crippen LogP contribution in [-0.2, 0) is 21.4 Å². The Morgan fingerprint density at radius 3 is 2.47 bits per heavy atom. The van der Waals surface area contributed by atoms with Gasteiger partial charge in [-0.25, -0.2) is 8.42 Å². The Hall–Kier alpha value is -3.43. The molecule has 1 N–H and O–H groups in total. The van der Waals surface area contributed by atoms with Crippen LogP contribution in [0.1, 0.15) is 18.0 Å². The first-order valence-electron chi connectivity index (χ1n) is 11.2. The van der Waals surface area contributed by atoms with Crippen LogP contribution in [0.5, 0.6) is 5.75 Å². The van der Waals surface area contributed by atoms with Crippen molar-refractivity contribution in [3.05, 3.63) is 88.8 Å². The van der Waals surface area contributed by atoms with Crippen molar-refractivity contribution in [3.8, 4) is 5.75 Å². The summed E-state index contributed by atoms with van der Waals surface area (Å²) in [7, 11) is -3.70. The van der Waals surface area contributed by atoms with Crippen LogP contribution in [0.3, 0.4) is 0 Å². The number of hydrogen-bond donors (Lipinski definition) is 1. The number of amides is 1. The van der Waals surface area contributed by atoms with Gasteiger partial charge in [0.05, 0.1) is 4.90 Å². The Morgan fingerprint density at radius 1 is 0.941 bits per heavy atom. The van der Waals surface area contributed by atoms with E-state index in [1.807, 2.05) is 24.3 Å². The minimum atomic E-state index is -3.70. The second-order valence-corrected chi connectivity index (χ2v) is 10.6. The van der Waals surface area contributed by atoms with Crippen LogP contribution >= 0.6 is 0 Å². The number of ether oxygens (including phenoxy) is 1. The van der Waals surface area contributed by atoms with E-state index in [-0.39, 0.29) is 34.8 Å². The number of carbonyl (C=O) groups excluding carboxylic acids is 1. The summed E-state index contributed by atoms with van der Waals surface area (Å²) >= 11 is 0. The van der Waals surface area contributed by atoms with Gasteiger partial charge in [0.15, 0.2) is 6.61 Å². The van der Waals surface area contributed by atoms with Crippen LogP contribution < -0.4 is 15.6 Å². The molecule has 2 aromatic carbocycles. The number of fused-ring (bicyclic) bond motifs is 4. The van der Waals surface area contributed by atoms with Gasteiger partial charge in [-0.15, -0.1) is 0 Å². The molecular weight excluding hydrogens is 454 g/mol. The molecule has 2 atom stereocenters. The van der Waals surface area contributed by atoms with E-state index in [0.29, 0.717) is 31.1 Å². The number of anilines is 1. The highest BCUT2D eigenvalue weighted by atomic mass is 32.2.